The van der Waals surface area contributed by atoms with E-state index < -0.39 is 23.8 Å². The highest BCUT2D eigenvalue weighted by Crippen LogP contribution is 2.27. The van der Waals surface area contributed by atoms with Crippen molar-refractivity contribution in [3.63, 3.8) is 0 Å². The summed E-state index contributed by atoms with van der Waals surface area (Å²) in [6.07, 6.45) is 7.69. The van der Waals surface area contributed by atoms with Crippen LogP contribution in [0.25, 0.3) is 0 Å². The van der Waals surface area contributed by atoms with Crippen molar-refractivity contribution < 1.29 is 19.1 Å². The number of benzene rings is 1. The van der Waals surface area contributed by atoms with E-state index in [1.54, 1.807) is 11.8 Å². The van der Waals surface area contributed by atoms with Crippen LogP contribution in [0.5, 0.6) is 0 Å². The van der Waals surface area contributed by atoms with Gasteiger partial charge in [-0.3, -0.25) is 19.4 Å². The van der Waals surface area contributed by atoms with E-state index in [-0.39, 0.29) is 17.9 Å². The topological polar surface area (TPSA) is 91.0 Å². The minimum absolute atomic E-state index is 0.0950. The van der Waals surface area contributed by atoms with E-state index in [0.717, 1.165) is 38.2 Å². The number of nitrogens with one attached hydrogen (secondary N) is 2. The Kier molecular flexibility index (Phi) is 12.1. The van der Waals surface area contributed by atoms with Gasteiger partial charge in [0, 0.05) is 37.2 Å². The number of rotatable bonds is 10. The number of nitrogens with zero attached hydrogens (tertiary/aromatic N) is 2. The Morgan fingerprint density at radius 2 is 1.76 bits per heavy atom. The molecule has 228 valence electrons. The molecule has 2 N–H and O–H groups in total. The van der Waals surface area contributed by atoms with Gasteiger partial charge >= 0.3 is 6.09 Å². The van der Waals surface area contributed by atoms with Crippen molar-refractivity contribution in [2.24, 2.45) is 5.92 Å². The smallest absolute Gasteiger partial charge is 0.411 e. The highest BCUT2D eigenvalue weighted by atomic mass is 32.2. The van der Waals surface area contributed by atoms with Gasteiger partial charge in [-0.1, -0.05) is 49.6 Å². The number of carbonyl (C=O) groups is 3. The van der Waals surface area contributed by atoms with Crippen LogP contribution in [0.15, 0.2) is 30.3 Å². The predicted octanol–water partition coefficient (Wildman–Crippen LogP) is 4.88. The lowest BCUT2D eigenvalue weighted by Crippen LogP contribution is -2.57. The van der Waals surface area contributed by atoms with Gasteiger partial charge in [-0.25, -0.2) is 4.79 Å². The predicted molar refractivity (Wildman–Crippen MR) is 168 cm³/mol. The van der Waals surface area contributed by atoms with Crippen molar-refractivity contribution in [3.8, 4) is 0 Å². The summed E-state index contributed by atoms with van der Waals surface area (Å²) in [5.41, 5.74) is 0.665. The first kappa shape index (κ1) is 32.0. The number of hydrogen-bond acceptors (Lipinski definition) is 7. The normalized spacial score (nSPS) is 21.8. The number of amides is 3. The van der Waals surface area contributed by atoms with Crippen molar-refractivity contribution in [1.29, 1.82) is 0 Å². The molecule has 2 atom stereocenters. The van der Waals surface area contributed by atoms with Crippen molar-refractivity contribution in [1.82, 2.24) is 20.4 Å². The molecule has 3 amide bonds. The molecule has 3 aliphatic rings. The zero-order valence-electron chi connectivity index (χ0n) is 24.9. The van der Waals surface area contributed by atoms with Crippen LogP contribution in [-0.2, 0) is 20.9 Å². The van der Waals surface area contributed by atoms with E-state index in [0.29, 0.717) is 23.3 Å². The Bertz CT molecular complexity index is 992. The third kappa shape index (κ3) is 10.4. The van der Waals surface area contributed by atoms with Crippen LogP contribution in [0.1, 0.15) is 71.3 Å². The van der Waals surface area contributed by atoms with Crippen LogP contribution in [0, 0.1) is 5.92 Å². The Labute approximate surface area is 254 Å². The Morgan fingerprint density at radius 1 is 1.05 bits per heavy atom. The molecular weight excluding hydrogens is 556 g/mol. The number of ether oxygens (including phenoxy) is 1. The second kappa shape index (κ2) is 15.5. The quantitative estimate of drug-likeness (QED) is 0.394. The average molecular weight is 605 g/mol. The molecule has 1 saturated carbocycles. The van der Waals surface area contributed by atoms with Crippen LogP contribution >= 0.6 is 23.5 Å². The standard InChI is InChI=1S/C31H48N4O4S2/c1-31(2,3)39-30(38)35-22-41-21-27(35)29(37)33-26(20-40-19-24-12-8-5-9-13-24)28(36)32-25-14-16-34(17-15-25)18-23-10-6-4-7-11-23/h4,6-7,10-11,24-27H,5,8-9,12-22H2,1-3H3,(H,32,36)(H,33,37)/t26-,27-/m1/s1. The van der Waals surface area contributed by atoms with Gasteiger partial charge < -0.3 is 15.4 Å². The van der Waals surface area contributed by atoms with Crippen LogP contribution in [0.3, 0.4) is 0 Å². The molecule has 2 saturated heterocycles. The van der Waals surface area contributed by atoms with E-state index in [1.807, 2.05) is 26.8 Å². The SMILES string of the molecule is CC(C)(C)OC(=O)N1CSC[C@@H]1C(=O)N[C@H](CSCC1CCCCC1)C(=O)NC1CCN(Cc2ccccc2)CC1. The molecule has 8 nitrogen and oxygen atoms in total. The van der Waals surface area contributed by atoms with Gasteiger partial charge in [0.15, 0.2) is 0 Å². The lowest BCUT2D eigenvalue weighted by Gasteiger charge is -2.33. The van der Waals surface area contributed by atoms with E-state index in [2.05, 4.69) is 39.8 Å². The lowest BCUT2D eigenvalue weighted by atomic mass is 9.91. The molecule has 0 unspecified atom stereocenters. The minimum Gasteiger partial charge on any atom is -0.444 e. The highest BCUT2D eigenvalue weighted by molar-refractivity contribution is 7.99. The molecule has 41 heavy (non-hydrogen) atoms. The zero-order valence-corrected chi connectivity index (χ0v) is 26.6. The fourth-order valence-corrected chi connectivity index (χ4v) is 8.11. The first-order valence-corrected chi connectivity index (χ1v) is 17.5. The Hall–Kier alpha value is -1.91. The van der Waals surface area contributed by atoms with E-state index in [9.17, 15) is 14.4 Å². The summed E-state index contributed by atoms with van der Waals surface area (Å²) >= 11 is 3.29. The van der Waals surface area contributed by atoms with Crippen molar-refractivity contribution in [2.75, 3.05) is 36.2 Å². The summed E-state index contributed by atoms with van der Waals surface area (Å²) in [5, 5.41) is 6.28. The second-order valence-corrected chi connectivity index (χ2v) is 14.7. The molecule has 2 aliphatic heterocycles. The monoisotopic (exact) mass is 604 g/mol. The number of thioether (sulfide) groups is 2. The Morgan fingerprint density at radius 3 is 2.44 bits per heavy atom. The van der Waals surface area contributed by atoms with Gasteiger partial charge in [-0.2, -0.15) is 11.8 Å². The van der Waals surface area contributed by atoms with Gasteiger partial charge in [0.05, 0.1) is 5.88 Å². The summed E-state index contributed by atoms with van der Waals surface area (Å²) in [5.74, 6) is 2.74. The largest absolute Gasteiger partial charge is 0.444 e. The summed E-state index contributed by atoms with van der Waals surface area (Å²) in [4.78, 5) is 43.7. The number of hydrogen-bond donors (Lipinski definition) is 2. The Balaban J connectivity index is 1.32. The van der Waals surface area contributed by atoms with Crippen molar-refractivity contribution in [2.45, 2.75) is 96.0 Å². The van der Waals surface area contributed by atoms with E-state index in [1.165, 1.54) is 54.3 Å². The average Bonchev–Trinajstić information content (AvgIpc) is 3.44. The van der Waals surface area contributed by atoms with Crippen LogP contribution < -0.4 is 10.6 Å². The maximum atomic E-state index is 13.6. The third-order valence-electron chi connectivity index (χ3n) is 7.99. The first-order valence-electron chi connectivity index (χ1n) is 15.2. The number of carbonyl (C=O) groups excluding carboxylic acids is 3. The molecule has 3 fully saturated rings. The molecule has 10 heteroatoms. The maximum absolute atomic E-state index is 13.6. The molecule has 0 spiro atoms. The van der Waals surface area contributed by atoms with Gasteiger partial charge in [0.2, 0.25) is 11.8 Å². The molecule has 1 aromatic rings. The van der Waals surface area contributed by atoms with Crippen LogP contribution in [0.4, 0.5) is 4.79 Å². The number of piperidine rings is 1. The summed E-state index contributed by atoms with van der Waals surface area (Å²) in [6, 6.07) is 9.30. The second-order valence-electron chi connectivity index (χ2n) is 12.6. The van der Waals surface area contributed by atoms with Gasteiger partial charge in [0.25, 0.3) is 0 Å². The lowest BCUT2D eigenvalue weighted by molar-refractivity contribution is -0.131. The molecule has 4 rings (SSSR count). The van der Waals surface area contributed by atoms with Crippen molar-refractivity contribution in [3.05, 3.63) is 35.9 Å². The minimum atomic E-state index is -0.644. The van der Waals surface area contributed by atoms with Gasteiger partial charge in [0.1, 0.15) is 17.7 Å². The molecule has 1 aromatic carbocycles. The van der Waals surface area contributed by atoms with E-state index in [4.69, 9.17) is 4.74 Å². The molecule has 2 heterocycles. The number of likely N-dealkylation sites (tertiary alicyclic amines) is 1. The highest BCUT2D eigenvalue weighted by Gasteiger charge is 2.39. The molecular formula is C31H48N4O4S2. The fourth-order valence-electron chi connectivity index (χ4n) is 5.70. The summed E-state index contributed by atoms with van der Waals surface area (Å²) < 4.78 is 5.54. The summed E-state index contributed by atoms with van der Waals surface area (Å²) in [7, 11) is 0. The maximum Gasteiger partial charge on any atom is 0.411 e. The van der Waals surface area contributed by atoms with Crippen LogP contribution in [-0.4, -0.2) is 87.7 Å². The summed E-state index contributed by atoms with van der Waals surface area (Å²) in [6.45, 7) is 8.23. The van der Waals surface area contributed by atoms with Gasteiger partial charge in [-0.15, -0.1) is 11.8 Å². The zero-order chi connectivity index (χ0) is 29.2. The van der Waals surface area contributed by atoms with Crippen molar-refractivity contribution >= 4 is 41.4 Å². The van der Waals surface area contributed by atoms with Crippen LogP contribution in [0.2, 0.25) is 0 Å². The van der Waals surface area contributed by atoms with E-state index >= 15 is 0 Å². The molecule has 0 aromatic heterocycles. The molecule has 1 aliphatic carbocycles. The fraction of sp³-hybridized carbons (Fsp3) is 0.710. The first-order chi connectivity index (χ1) is 19.7. The van der Waals surface area contributed by atoms with Gasteiger partial charge in [-0.05, 0) is 63.7 Å². The molecule has 0 bridgehead atoms. The molecule has 0 radical (unpaired) electrons. The third-order valence-corrected chi connectivity index (χ3v) is 10.3.